The summed E-state index contributed by atoms with van der Waals surface area (Å²) in [7, 11) is -3.19. The molecule has 23 heavy (non-hydrogen) atoms. The number of amides is 3. The lowest BCUT2D eigenvalue weighted by molar-refractivity contribution is -0.125. The Morgan fingerprint density at radius 3 is 2.65 bits per heavy atom. The number of hydrogen-bond donors (Lipinski definition) is 1. The van der Waals surface area contributed by atoms with Crippen molar-refractivity contribution in [2.75, 3.05) is 19.3 Å². The van der Waals surface area contributed by atoms with Crippen LogP contribution >= 0.6 is 0 Å². The SMILES string of the molecule is CS(=O)(=O)C1C[C@H](CCN2C(=O)CNC2=O)Cc2ccccc21. The Balaban J connectivity index is 1.75. The number of fused-ring (bicyclic) bond motifs is 1. The molecule has 2 aliphatic rings. The summed E-state index contributed by atoms with van der Waals surface area (Å²) in [5.74, 6) is -0.0725. The average molecular weight is 336 g/mol. The smallest absolute Gasteiger partial charge is 0.324 e. The van der Waals surface area contributed by atoms with Crippen molar-refractivity contribution in [1.29, 1.82) is 0 Å². The third kappa shape index (κ3) is 3.24. The molecule has 1 N–H and O–H groups in total. The van der Waals surface area contributed by atoms with Gasteiger partial charge >= 0.3 is 6.03 Å². The molecule has 0 aromatic heterocycles. The van der Waals surface area contributed by atoms with E-state index in [-0.39, 0.29) is 24.4 Å². The lowest BCUT2D eigenvalue weighted by Crippen LogP contribution is -2.34. The molecule has 7 heteroatoms. The Morgan fingerprint density at radius 1 is 1.26 bits per heavy atom. The van der Waals surface area contributed by atoms with Crippen molar-refractivity contribution >= 4 is 21.8 Å². The van der Waals surface area contributed by atoms with Crippen molar-refractivity contribution in [3.8, 4) is 0 Å². The van der Waals surface area contributed by atoms with Crippen LogP contribution in [0.2, 0.25) is 0 Å². The summed E-state index contributed by atoms with van der Waals surface area (Å²) < 4.78 is 24.3. The standard InChI is InChI=1S/C16H20N2O4S/c1-23(21,22)14-9-11(8-12-4-2-3-5-13(12)14)6-7-18-15(19)10-17-16(18)20/h2-5,11,14H,6-10H2,1H3,(H,17,20)/t11-,14?/m1/s1. The number of hydrogen-bond acceptors (Lipinski definition) is 4. The first-order valence-electron chi connectivity index (χ1n) is 7.71. The number of benzene rings is 1. The zero-order valence-corrected chi connectivity index (χ0v) is 13.8. The topological polar surface area (TPSA) is 83.6 Å². The summed E-state index contributed by atoms with van der Waals surface area (Å²) >= 11 is 0. The first-order chi connectivity index (χ1) is 10.9. The van der Waals surface area contributed by atoms with Crippen molar-refractivity contribution in [2.45, 2.75) is 24.5 Å². The molecule has 6 nitrogen and oxygen atoms in total. The summed E-state index contributed by atoms with van der Waals surface area (Å²) in [6.07, 6.45) is 3.22. The van der Waals surface area contributed by atoms with Crippen molar-refractivity contribution in [2.24, 2.45) is 5.92 Å². The largest absolute Gasteiger partial charge is 0.329 e. The van der Waals surface area contributed by atoms with E-state index in [9.17, 15) is 18.0 Å². The fourth-order valence-corrected chi connectivity index (χ4v) is 4.79. The van der Waals surface area contributed by atoms with Crippen LogP contribution in [0.1, 0.15) is 29.2 Å². The van der Waals surface area contributed by atoms with Gasteiger partial charge in [0.2, 0.25) is 5.91 Å². The Morgan fingerprint density at radius 2 is 2.00 bits per heavy atom. The van der Waals surface area contributed by atoms with Crippen LogP contribution in [0.15, 0.2) is 24.3 Å². The molecule has 1 unspecified atom stereocenters. The van der Waals surface area contributed by atoms with Gasteiger partial charge in [-0.25, -0.2) is 13.2 Å². The van der Waals surface area contributed by atoms with Gasteiger partial charge in [0, 0.05) is 12.8 Å². The molecule has 1 aromatic carbocycles. The number of rotatable bonds is 4. The molecule has 0 bridgehead atoms. The van der Waals surface area contributed by atoms with E-state index >= 15 is 0 Å². The van der Waals surface area contributed by atoms with Crippen molar-refractivity contribution in [3.05, 3.63) is 35.4 Å². The molecular formula is C16H20N2O4S. The summed E-state index contributed by atoms with van der Waals surface area (Å²) in [4.78, 5) is 24.4. The zero-order valence-electron chi connectivity index (χ0n) is 13.0. The van der Waals surface area contributed by atoms with Gasteiger partial charge in [-0.2, -0.15) is 0 Å². The highest BCUT2D eigenvalue weighted by atomic mass is 32.2. The summed E-state index contributed by atoms with van der Waals surface area (Å²) in [5.41, 5.74) is 1.94. The molecular weight excluding hydrogens is 316 g/mol. The zero-order chi connectivity index (χ0) is 16.6. The van der Waals surface area contributed by atoms with E-state index in [0.29, 0.717) is 19.4 Å². The molecule has 124 valence electrons. The van der Waals surface area contributed by atoms with Gasteiger partial charge in [0.15, 0.2) is 9.84 Å². The van der Waals surface area contributed by atoms with Crippen LogP contribution in [0.25, 0.3) is 0 Å². The Labute approximate surface area is 135 Å². The minimum absolute atomic E-state index is 0.0539. The molecule has 1 aliphatic carbocycles. The van der Waals surface area contributed by atoms with Crippen LogP contribution in [0.3, 0.4) is 0 Å². The molecule has 0 radical (unpaired) electrons. The number of nitrogens with one attached hydrogen (secondary N) is 1. The number of sulfone groups is 1. The highest BCUT2D eigenvalue weighted by Crippen LogP contribution is 2.39. The van der Waals surface area contributed by atoms with Crippen LogP contribution in [-0.4, -0.2) is 44.6 Å². The van der Waals surface area contributed by atoms with E-state index in [1.165, 1.54) is 11.2 Å². The molecule has 1 aliphatic heterocycles. The number of nitrogens with zero attached hydrogens (tertiary/aromatic N) is 1. The third-order valence-electron chi connectivity index (χ3n) is 4.67. The van der Waals surface area contributed by atoms with Gasteiger partial charge < -0.3 is 5.32 Å². The van der Waals surface area contributed by atoms with Gasteiger partial charge in [0.05, 0.1) is 11.8 Å². The highest BCUT2D eigenvalue weighted by molar-refractivity contribution is 7.90. The number of carbonyl (C=O) groups excluding carboxylic acids is 2. The van der Waals surface area contributed by atoms with E-state index < -0.39 is 15.1 Å². The molecule has 2 atom stereocenters. The Kier molecular flexibility index (Phi) is 4.14. The maximum atomic E-state index is 12.1. The number of imide groups is 1. The highest BCUT2D eigenvalue weighted by Gasteiger charge is 2.34. The molecule has 1 heterocycles. The Bertz CT molecular complexity index is 728. The summed E-state index contributed by atoms with van der Waals surface area (Å²) in [5, 5.41) is 2.00. The lowest BCUT2D eigenvalue weighted by atomic mass is 9.82. The minimum Gasteiger partial charge on any atom is -0.329 e. The lowest BCUT2D eigenvalue weighted by Gasteiger charge is -2.31. The van der Waals surface area contributed by atoms with Gasteiger partial charge in [-0.3, -0.25) is 9.69 Å². The predicted octanol–water partition coefficient (Wildman–Crippen LogP) is 1.28. The van der Waals surface area contributed by atoms with Crippen LogP contribution in [0, 0.1) is 5.92 Å². The summed E-state index contributed by atoms with van der Waals surface area (Å²) in [6, 6.07) is 7.27. The summed E-state index contributed by atoms with van der Waals surface area (Å²) in [6.45, 7) is 0.395. The molecule has 3 amide bonds. The second kappa shape index (κ2) is 5.96. The minimum atomic E-state index is -3.19. The number of carbonyl (C=O) groups is 2. The van der Waals surface area contributed by atoms with Crippen molar-refractivity contribution < 1.29 is 18.0 Å². The van der Waals surface area contributed by atoms with Gasteiger partial charge in [0.1, 0.15) is 0 Å². The van der Waals surface area contributed by atoms with E-state index in [1.54, 1.807) is 0 Å². The second-order valence-corrected chi connectivity index (χ2v) is 8.54. The van der Waals surface area contributed by atoms with Crippen LogP contribution < -0.4 is 5.32 Å². The maximum Gasteiger partial charge on any atom is 0.324 e. The molecule has 3 rings (SSSR count). The van der Waals surface area contributed by atoms with E-state index in [2.05, 4.69) is 5.32 Å². The van der Waals surface area contributed by atoms with Gasteiger partial charge in [-0.1, -0.05) is 24.3 Å². The molecule has 1 aromatic rings. The van der Waals surface area contributed by atoms with Gasteiger partial charge in [0.25, 0.3) is 0 Å². The normalized spacial score (nSPS) is 24.5. The fraction of sp³-hybridized carbons (Fsp3) is 0.500. The molecule has 0 saturated carbocycles. The number of urea groups is 1. The van der Waals surface area contributed by atoms with Gasteiger partial charge in [-0.05, 0) is 36.3 Å². The average Bonchev–Trinajstić information content (AvgIpc) is 2.82. The van der Waals surface area contributed by atoms with E-state index in [1.807, 2.05) is 24.3 Å². The maximum absolute atomic E-state index is 12.1. The monoisotopic (exact) mass is 336 g/mol. The van der Waals surface area contributed by atoms with Gasteiger partial charge in [-0.15, -0.1) is 0 Å². The van der Waals surface area contributed by atoms with Crippen LogP contribution in [0.4, 0.5) is 4.79 Å². The van der Waals surface area contributed by atoms with Crippen LogP contribution in [0.5, 0.6) is 0 Å². The fourth-order valence-electron chi connectivity index (χ4n) is 3.48. The van der Waals surface area contributed by atoms with Crippen LogP contribution in [-0.2, 0) is 21.1 Å². The predicted molar refractivity (Wildman–Crippen MR) is 85.6 cm³/mol. The third-order valence-corrected chi connectivity index (χ3v) is 6.15. The Hall–Kier alpha value is -1.89. The second-order valence-electron chi connectivity index (χ2n) is 6.32. The molecule has 0 spiro atoms. The first-order valence-corrected chi connectivity index (χ1v) is 9.66. The van der Waals surface area contributed by atoms with E-state index in [4.69, 9.17) is 0 Å². The molecule has 1 fully saturated rings. The quantitative estimate of drug-likeness (QED) is 0.840. The van der Waals surface area contributed by atoms with Crippen molar-refractivity contribution in [3.63, 3.8) is 0 Å². The van der Waals surface area contributed by atoms with E-state index in [0.717, 1.165) is 17.5 Å². The molecule has 1 saturated heterocycles. The first kappa shape index (κ1) is 16.0. The van der Waals surface area contributed by atoms with Crippen molar-refractivity contribution in [1.82, 2.24) is 10.2 Å².